The van der Waals surface area contributed by atoms with E-state index in [9.17, 15) is 4.79 Å². The van der Waals surface area contributed by atoms with Gasteiger partial charge in [0, 0.05) is 17.8 Å². The molecule has 4 nitrogen and oxygen atoms in total. The highest BCUT2D eigenvalue weighted by Crippen LogP contribution is 2.22. The van der Waals surface area contributed by atoms with E-state index < -0.39 is 6.09 Å². The number of hydrogen-bond donors (Lipinski definition) is 2. The Balaban J connectivity index is 2.76. The molecule has 3 N–H and O–H groups in total. The summed E-state index contributed by atoms with van der Waals surface area (Å²) in [5, 5.41) is 2.54. The van der Waals surface area contributed by atoms with Crippen LogP contribution in [0, 0.1) is 6.92 Å². The number of carbonyl (C=O) groups excluding carboxylic acids is 1. The summed E-state index contributed by atoms with van der Waals surface area (Å²) in [5.41, 5.74) is 7.05. The number of rotatable bonds is 2. The van der Waals surface area contributed by atoms with E-state index in [1.54, 1.807) is 18.2 Å². The molecule has 14 heavy (non-hydrogen) atoms. The second-order valence-corrected chi connectivity index (χ2v) is 2.89. The van der Waals surface area contributed by atoms with Gasteiger partial charge in [0.05, 0.1) is 0 Å². The zero-order valence-electron chi connectivity index (χ0n) is 8.33. The zero-order chi connectivity index (χ0) is 10.6. The Bertz CT molecular complexity index is 337. The van der Waals surface area contributed by atoms with Crippen LogP contribution in [0.3, 0.4) is 0 Å². The standard InChI is InChI=1S/C10H14N2O2/c1-3-12-10(13)14-9-6-4-5-8(11)7(9)2/h4-6H,3,11H2,1-2H3,(H,12,13). The molecule has 0 aliphatic carbocycles. The number of benzene rings is 1. The van der Waals surface area contributed by atoms with Crippen LogP contribution in [0.15, 0.2) is 18.2 Å². The fourth-order valence-corrected chi connectivity index (χ4v) is 1.02. The predicted molar refractivity (Wildman–Crippen MR) is 55.3 cm³/mol. The average Bonchev–Trinajstić information content (AvgIpc) is 2.13. The number of nitrogens with two attached hydrogens (primary N) is 1. The second kappa shape index (κ2) is 4.50. The summed E-state index contributed by atoms with van der Waals surface area (Å²) in [4.78, 5) is 11.1. The van der Waals surface area contributed by atoms with Crippen molar-refractivity contribution in [2.24, 2.45) is 0 Å². The van der Waals surface area contributed by atoms with Gasteiger partial charge in [0.2, 0.25) is 0 Å². The zero-order valence-corrected chi connectivity index (χ0v) is 8.33. The lowest BCUT2D eigenvalue weighted by Crippen LogP contribution is -2.26. The lowest BCUT2D eigenvalue weighted by atomic mass is 10.2. The molecule has 0 atom stereocenters. The molecule has 0 saturated heterocycles. The van der Waals surface area contributed by atoms with E-state index in [1.807, 2.05) is 13.8 Å². The van der Waals surface area contributed by atoms with Crippen LogP contribution in [-0.2, 0) is 0 Å². The van der Waals surface area contributed by atoms with Gasteiger partial charge in [-0.1, -0.05) is 6.07 Å². The first-order chi connectivity index (χ1) is 6.65. The van der Waals surface area contributed by atoms with Gasteiger partial charge in [0.1, 0.15) is 5.75 Å². The quantitative estimate of drug-likeness (QED) is 0.704. The molecule has 0 aliphatic heterocycles. The fraction of sp³-hybridized carbons (Fsp3) is 0.300. The van der Waals surface area contributed by atoms with Crippen molar-refractivity contribution in [3.63, 3.8) is 0 Å². The summed E-state index contributed by atoms with van der Waals surface area (Å²) in [6, 6.07) is 5.22. The van der Waals surface area contributed by atoms with Gasteiger partial charge in [-0.25, -0.2) is 4.79 Å². The van der Waals surface area contributed by atoms with Crippen molar-refractivity contribution in [2.75, 3.05) is 12.3 Å². The summed E-state index contributed by atoms with van der Waals surface area (Å²) in [6.45, 7) is 4.18. The molecule has 1 aromatic rings. The monoisotopic (exact) mass is 194 g/mol. The Morgan fingerprint density at radius 3 is 2.93 bits per heavy atom. The topological polar surface area (TPSA) is 64.3 Å². The third-order valence-corrected chi connectivity index (χ3v) is 1.85. The maximum Gasteiger partial charge on any atom is 0.412 e. The number of carbonyl (C=O) groups is 1. The highest BCUT2D eigenvalue weighted by atomic mass is 16.6. The van der Waals surface area contributed by atoms with E-state index in [4.69, 9.17) is 10.5 Å². The van der Waals surface area contributed by atoms with E-state index >= 15 is 0 Å². The fourth-order valence-electron chi connectivity index (χ4n) is 1.02. The van der Waals surface area contributed by atoms with Crippen LogP contribution < -0.4 is 15.8 Å². The van der Waals surface area contributed by atoms with Gasteiger partial charge in [-0.2, -0.15) is 0 Å². The summed E-state index contributed by atoms with van der Waals surface area (Å²) in [5.74, 6) is 0.496. The summed E-state index contributed by atoms with van der Waals surface area (Å²) in [7, 11) is 0. The van der Waals surface area contributed by atoms with E-state index in [0.717, 1.165) is 5.56 Å². The lowest BCUT2D eigenvalue weighted by Gasteiger charge is -2.08. The molecule has 0 radical (unpaired) electrons. The second-order valence-electron chi connectivity index (χ2n) is 2.89. The smallest absolute Gasteiger partial charge is 0.410 e. The van der Waals surface area contributed by atoms with Gasteiger partial charge in [0.15, 0.2) is 0 Å². The predicted octanol–water partition coefficient (Wildman–Crippen LogP) is 1.69. The lowest BCUT2D eigenvalue weighted by molar-refractivity contribution is 0.201. The first-order valence-electron chi connectivity index (χ1n) is 4.46. The highest BCUT2D eigenvalue weighted by Gasteiger charge is 2.06. The summed E-state index contributed by atoms with van der Waals surface area (Å²) >= 11 is 0. The molecule has 0 spiro atoms. The molecule has 0 bridgehead atoms. The first kappa shape index (κ1) is 10.4. The SMILES string of the molecule is CCNC(=O)Oc1cccc(N)c1C. The molecule has 0 aliphatic rings. The van der Waals surface area contributed by atoms with Gasteiger partial charge in [-0.05, 0) is 26.0 Å². The van der Waals surface area contributed by atoms with Gasteiger partial charge in [0.25, 0.3) is 0 Å². The molecule has 0 heterocycles. The third kappa shape index (κ3) is 2.39. The number of anilines is 1. The van der Waals surface area contributed by atoms with Gasteiger partial charge >= 0.3 is 6.09 Å². The van der Waals surface area contributed by atoms with E-state index in [1.165, 1.54) is 0 Å². The number of nitrogen functional groups attached to an aromatic ring is 1. The Labute approximate surface area is 83.1 Å². The van der Waals surface area contributed by atoms with Crippen LogP contribution in [0.2, 0.25) is 0 Å². The largest absolute Gasteiger partial charge is 0.412 e. The number of amides is 1. The number of ether oxygens (including phenoxy) is 1. The summed E-state index contributed by atoms with van der Waals surface area (Å²) < 4.78 is 5.04. The molecule has 0 unspecified atom stereocenters. The van der Waals surface area contributed by atoms with Gasteiger partial charge in [-0.15, -0.1) is 0 Å². The Hall–Kier alpha value is -1.71. The Morgan fingerprint density at radius 2 is 2.29 bits per heavy atom. The molecule has 0 saturated carbocycles. The first-order valence-corrected chi connectivity index (χ1v) is 4.46. The minimum absolute atomic E-state index is 0.457. The average molecular weight is 194 g/mol. The highest BCUT2D eigenvalue weighted by molar-refractivity contribution is 5.71. The van der Waals surface area contributed by atoms with Crippen LogP contribution in [0.1, 0.15) is 12.5 Å². The van der Waals surface area contributed by atoms with Gasteiger partial charge < -0.3 is 15.8 Å². The Morgan fingerprint density at radius 1 is 1.57 bits per heavy atom. The normalized spacial score (nSPS) is 9.57. The van der Waals surface area contributed by atoms with E-state index in [0.29, 0.717) is 18.0 Å². The molecular weight excluding hydrogens is 180 g/mol. The van der Waals surface area contributed by atoms with Gasteiger partial charge in [-0.3, -0.25) is 0 Å². The van der Waals surface area contributed by atoms with Crippen LogP contribution >= 0.6 is 0 Å². The van der Waals surface area contributed by atoms with Crippen molar-refractivity contribution >= 4 is 11.8 Å². The van der Waals surface area contributed by atoms with Crippen LogP contribution in [0.4, 0.5) is 10.5 Å². The van der Waals surface area contributed by atoms with Crippen molar-refractivity contribution in [3.8, 4) is 5.75 Å². The van der Waals surface area contributed by atoms with Crippen LogP contribution in [-0.4, -0.2) is 12.6 Å². The van der Waals surface area contributed by atoms with Crippen molar-refractivity contribution < 1.29 is 9.53 Å². The van der Waals surface area contributed by atoms with E-state index in [2.05, 4.69) is 5.32 Å². The molecule has 0 fully saturated rings. The summed E-state index contributed by atoms with van der Waals surface area (Å²) in [6.07, 6.45) is -0.457. The number of hydrogen-bond acceptors (Lipinski definition) is 3. The van der Waals surface area contributed by atoms with Crippen molar-refractivity contribution in [2.45, 2.75) is 13.8 Å². The molecule has 1 amide bonds. The molecule has 76 valence electrons. The molecule has 4 heteroatoms. The van der Waals surface area contributed by atoms with Crippen LogP contribution in [0.25, 0.3) is 0 Å². The van der Waals surface area contributed by atoms with E-state index in [-0.39, 0.29) is 0 Å². The number of nitrogens with one attached hydrogen (secondary N) is 1. The maximum atomic E-state index is 11.1. The minimum atomic E-state index is -0.457. The van der Waals surface area contributed by atoms with Crippen LogP contribution in [0.5, 0.6) is 5.75 Å². The molecule has 0 aromatic heterocycles. The third-order valence-electron chi connectivity index (χ3n) is 1.85. The molecular formula is C10H14N2O2. The Kier molecular flexibility index (Phi) is 3.34. The maximum absolute atomic E-state index is 11.1. The van der Waals surface area contributed by atoms with Crippen molar-refractivity contribution in [3.05, 3.63) is 23.8 Å². The molecule has 1 aromatic carbocycles. The minimum Gasteiger partial charge on any atom is -0.410 e. The molecule has 1 rings (SSSR count). The van der Waals surface area contributed by atoms with Crippen molar-refractivity contribution in [1.29, 1.82) is 0 Å². The van der Waals surface area contributed by atoms with Crippen molar-refractivity contribution in [1.82, 2.24) is 5.32 Å².